The number of hydrogen-bond donors (Lipinski definition) is 2. The number of pyridine rings is 1. The summed E-state index contributed by atoms with van der Waals surface area (Å²) in [6.07, 6.45) is 1.77. The van der Waals surface area contributed by atoms with Gasteiger partial charge in [0.15, 0.2) is 0 Å². The Morgan fingerprint density at radius 3 is 2.61 bits per heavy atom. The maximum atomic E-state index is 12.5. The van der Waals surface area contributed by atoms with Crippen molar-refractivity contribution in [3.05, 3.63) is 35.7 Å². The highest BCUT2D eigenvalue weighted by Crippen LogP contribution is 2.67. The van der Waals surface area contributed by atoms with Crippen LogP contribution in [0.5, 0.6) is 0 Å². The highest BCUT2D eigenvalue weighted by Gasteiger charge is 2.73. The molecule has 2 saturated heterocycles. The highest BCUT2D eigenvalue weighted by molar-refractivity contribution is 7.89. The zero-order valence-corrected chi connectivity index (χ0v) is 16.6. The molecule has 3 fully saturated rings. The number of guanidine groups is 1. The molecule has 1 unspecified atom stereocenters. The van der Waals surface area contributed by atoms with Crippen LogP contribution in [0.3, 0.4) is 0 Å². The lowest BCUT2D eigenvalue weighted by Gasteiger charge is -2.34. The quantitative estimate of drug-likeness (QED) is 0.698. The van der Waals surface area contributed by atoms with Crippen molar-refractivity contribution in [1.29, 1.82) is 0 Å². The van der Waals surface area contributed by atoms with Gasteiger partial charge in [-0.25, -0.2) is 22.7 Å². The predicted octanol–water partition coefficient (Wildman–Crippen LogP) is 0.273. The molecule has 4 heterocycles. The summed E-state index contributed by atoms with van der Waals surface area (Å²) in [5, 5.41) is 2.88. The Morgan fingerprint density at radius 2 is 2.07 bits per heavy atom. The van der Waals surface area contributed by atoms with Crippen molar-refractivity contribution in [1.82, 2.24) is 14.2 Å². The van der Waals surface area contributed by atoms with Crippen LogP contribution in [0.4, 0.5) is 5.82 Å². The first-order chi connectivity index (χ1) is 13.1. The average molecular weight is 402 g/mol. The molecule has 3 N–H and O–H groups in total. The maximum Gasteiger partial charge on any atom is 0.239 e. The van der Waals surface area contributed by atoms with Crippen molar-refractivity contribution in [3.63, 3.8) is 0 Å². The number of anilines is 1. The standard InChI is InChI=1S/C18H22N6O3S/c1-10-18(8-24(10)18)12-6-13(20-14(7-12)21-15(25)11-4-5-11)17(2)9-28(26,27)23(3)16(19)22-17/h6-7,11H,1,4-5,8-9H2,2-3H3,(H2,19,22)(H,20,21,25)/t17-,18?,24?/m0/s1. The van der Waals surface area contributed by atoms with E-state index >= 15 is 0 Å². The first-order valence-corrected chi connectivity index (χ1v) is 10.8. The van der Waals surface area contributed by atoms with Crippen molar-refractivity contribution in [3.8, 4) is 0 Å². The molecule has 0 radical (unpaired) electrons. The van der Waals surface area contributed by atoms with Gasteiger partial charge in [-0.3, -0.25) is 4.79 Å². The predicted molar refractivity (Wildman–Crippen MR) is 104 cm³/mol. The third kappa shape index (κ3) is 2.36. The van der Waals surface area contributed by atoms with E-state index in [-0.39, 0.29) is 29.1 Å². The van der Waals surface area contributed by atoms with Crippen LogP contribution >= 0.6 is 0 Å². The van der Waals surface area contributed by atoms with Crippen LogP contribution in [0.1, 0.15) is 31.0 Å². The molecule has 1 saturated carbocycles. The number of aromatic nitrogens is 1. The summed E-state index contributed by atoms with van der Waals surface area (Å²) >= 11 is 0. The number of carbonyl (C=O) groups is 1. The first-order valence-electron chi connectivity index (χ1n) is 9.20. The molecule has 148 valence electrons. The van der Waals surface area contributed by atoms with E-state index in [0.29, 0.717) is 11.5 Å². The fourth-order valence-corrected chi connectivity index (χ4v) is 5.30. The third-order valence-electron chi connectivity index (χ3n) is 6.12. The zero-order chi connectivity index (χ0) is 20.1. The largest absolute Gasteiger partial charge is 0.369 e. The molecule has 0 aromatic carbocycles. The van der Waals surface area contributed by atoms with Gasteiger partial charge < -0.3 is 16.0 Å². The summed E-state index contributed by atoms with van der Waals surface area (Å²) in [4.78, 5) is 23.4. The van der Waals surface area contributed by atoms with E-state index in [4.69, 9.17) is 5.73 Å². The molecule has 1 aromatic heterocycles. The van der Waals surface area contributed by atoms with Crippen LogP contribution in [0, 0.1) is 5.92 Å². The van der Waals surface area contributed by atoms with E-state index in [2.05, 4.69) is 26.8 Å². The van der Waals surface area contributed by atoms with E-state index in [9.17, 15) is 13.2 Å². The van der Waals surface area contributed by atoms with Crippen molar-refractivity contribution >= 4 is 27.7 Å². The molecule has 28 heavy (non-hydrogen) atoms. The van der Waals surface area contributed by atoms with Gasteiger partial charge in [-0.15, -0.1) is 0 Å². The summed E-state index contributed by atoms with van der Waals surface area (Å²) in [6, 6.07) is 3.71. The van der Waals surface area contributed by atoms with Gasteiger partial charge in [0, 0.05) is 18.7 Å². The monoisotopic (exact) mass is 402 g/mol. The number of rotatable bonds is 4. The van der Waals surface area contributed by atoms with E-state index in [1.807, 2.05) is 12.1 Å². The highest BCUT2D eigenvalue weighted by atomic mass is 32.2. The van der Waals surface area contributed by atoms with Gasteiger partial charge in [0.2, 0.25) is 21.9 Å². The minimum absolute atomic E-state index is 0.0355. The molecule has 2 atom stereocenters. The van der Waals surface area contributed by atoms with Gasteiger partial charge in [0.1, 0.15) is 22.6 Å². The lowest BCUT2D eigenvalue weighted by Crippen LogP contribution is -2.50. The SMILES string of the molecule is C=C1N2CC12c1cc(NC(=O)C2CC2)nc([C@]2(C)CS(=O)(=O)N(C)C(N)=N2)c1. The molecule has 9 nitrogen and oxygen atoms in total. The fourth-order valence-electron chi connectivity index (χ4n) is 3.86. The second kappa shape index (κ2) is 5.05. The number of amides is 1. The second-order valence-electron chi connectivity index (χ2n) is 8.25. The lowest BCUT2D eigenvalue weighted by molar-refractivity contribution is -0.117. The van der Waals surface area contributed by atoms with Crippen LogP contribution in [-0.2, 0) is 25.9 Å². The topological polar surface area (TPSA) is 121 Å². The van der Waals surface area contributed by atoms with Crippen LogP contribution in [0.2, 0.25) is 0 Å². The Morgan fingerprint density at radius 1 is 1.39 bits per heavy atom. The van der Waals surface area contributed by atoms with Crippen molar-refractivity contribution in [2.45, 2.75) is 30.8 Å². The minimum atomic E-state index is -3.62. The number of nitrogens with two attached hydrogens (primary N) is 1. The number of hydrogen-bond acceptors (Lipinski definition) is 7. The number of fused-ring (bicyclic) bond motifs is 1. The van der Waals surface area contributed by atoms with Gasteiger partial charge in [-0.2, -0.15) is 0 Å². The van der Waals surface area contributed by atoms with Gasteiger partial charge >= 0.3 is 0 Å². The van der Waals surface area contributed by atoms with E-state index in [1.165, 1.54) is 7.05 Å². The molecule has 10 heteroatoms. The molecule has 0 spiro atoms. The minimum Gasteiger partial charge on any atom is -0.369 e. The van der Waals surface area contributed by atoms with Gasteiger partial charge in [0.25, 0.3) is 0 Å². The third-order valence-corrected chi connectivity index (χ3v) is 8.06. The second-order valence-corrected chi connectivity index (χ2v) is 10.3. The van der Waals surface area contributed by atoms with E-state index < -0.39 is 15.6 Å². The average Bonchev–Trinajstić information content (AvgIpc) is 3.49. The van der Waals surface area contributed by atoms with Crippen molar-refractivity contribution in [2.75, 3.05) is 24.7 Å². The Bertz CT molecular complexity index is 1080. The Hall–Kier alpha value is -2.62. The first kappa shape index (κ1) is 17.5. The molecule has 1 aromatic rings. The van der Waals surface area contributed by atoms with Gasteiger partial charge in [0.05, 0.1) is 12.2 Å². The summed E-state index contributed by atoms with van der Waals surface area (Å²) in [5.41, 5.74) is 6.97. The molecule has 3 aliphatic heterocycles. The van der Waals surface area contributed by atoms with Crippen molar-refractivity contribution < 1.29 is 13.2 Å². The lowest BCUT2D eigenvalue weighted by atomic mass is 9.94. The van der Waals surface area contributed by atoms with E-state index in [0.717, 1.165) is 35.0 Å². The molecule has 4 aliphatic rings. The van der Waals surface area contributed by atoms with Gasteiger partial charge in [-0.1, -0.05) is 6.58 Å². The molecular weight excluding hydrogens is 380 g/mol. The molecule has 5 rings (SSSR count). The summed E-state index contributed by atoms with van der Waals surface area (Å²) in [7, 11) is -2.23. The number of nitrogens with zero attached hydrogens (tertiary/aromatic N) is 4. The maximum absolute atomic E-state index is 12.5. The molecular formula is C18H22N6O3S. The molecule has 1 amide bonds. The van der Waals surface area contributed by atoms with Gasteiger partial charge in [-0.05, 0) is 37.5 Å². The Kier molecular flexibility index (Phi) is 3.15. The van der Waals surface area contributed by atoms with Crippen LogP contribution in [0.15, 0.2) is 29.4 Å². The normalized spacial score (nSPS) is 32.5. The summed E-state index contributed by atoms with van der Waals surface area (Å²) < 4.78 is 26.1. The van der Waals surface area contributed by atoms with Crippen molar-refractivity contribution in [2.24, 2.45) is 16.6 Å². The zero-order valence-electron chi connectivity index (χ0n) is 15.8. The van der Waals surface area contributed by atoms with Crippen LogP contribution < -0.4 is 11.1 Å². The van der Waals surface area contributed by atoms with Crippen LogP contribution in [0.25, 0.3) is 0 Å². The number of carbonyl (C=O) groups excluding carboxylic acids is 1. The van der Waals surface area contributed by atoms with E-state index in [1.54, 1.807) is 6.92 Å². The Labute approximate surface area is 163 Å². The number of aliphatic imine (C=N–C) groups is 1. The fraction of sp³-hybridized carbons (Fsp3) is 0.500. The molecule has 1 aliphatic carbocycles. The smallest absolute Gasteiger partial charge is 0.239 e. The number of sulfonamides is 1. The summed E-state index contributed by atoms with van der Waals surface area (Å²) in [6.45, 7) is 6.62. The Balaban J connectivity index is 1.59. The summed E-state index contributed by atoms with van der Waals surface area (Å²) in [5.74, 6) is 0.0671. The van der Waals surface area contributed by atoms with Crippen LogP contribution in [-0.4, -0.2) is 53.8 Å². The number of nitrogens with one attached hydrogen (secondary N) is 1. The molecule has 0 bridgehead atoms.